The number of hydrogen-bond acceptors (Lipinski definition) is 7. The van der Waals surface area contributed by atoms with Crippen LogP contribution < -0.4 is 10.1 Å². The van der Waals surface area contributed by atoms with Crippen LogP contribution in [0.5, 0.6) is 5.88 Å². The van der Waals surface area contributed by atoms with Crippen molar-refractivity contribution >= 4 is 17.2 Å². The molecule has 158 valence electrons. The first-order chi connectivity index (χ1) is 14.7. The zero-order valence-electron chi connectivity index (χ0n) is 17.2. The third kappa shape index (κ3) is 4.22. The zero-order chi connectivity index (χ0) is 20.9. The zero-order valence-corrected chi connectivity index (χ0v) is 18.1. The van der Waals surface area contributed by atoms with Crippen molar-refractivity contribution in [2.75, 3.05) is 26.7 Å². The Kier molecular flexibility index (Phi) is 6.39. The van der Waals surface area contributed by atoms with E-state index in [0.717, 1.165) is 18.8 Å². The van der Waals surface area contributed by atoms with E-state index in [9.17, 15) is 4.79 Å². The van der Waals surface area contributed by atoms with Gasteiger partial charge in [0, 0.05) is 17.5 Å². The lowest BCUT2D eigenvalue weighted by molar-refractivity contribution is 0.0937. The number of carbonyl (C=O) groups excluding carboxylic acids is 1. The average Bonchev–Trinajstić information content (AvgIpc) is 3.55. The number of ether oxygens (including phenoxy) is 1. The first-order valence-electron chi connectivity index (χ1n) is 10.2. The van der Waals surface area contributed by atoms with Gasteiger partial charge in [-0.25, -0.2) is 4.68 Å². The summed E-state index contributed by atoms with van der Waals surface area (Å²) in [5.41, 5.74) is 1.38. The lowest BCUT2D eigenvalue weighted by Crippen LogP contribution is -2.36. The Morgan fingerprint density at radius 3 is 2.73 bits per heavy atom. The number of carbonyl (C=O) groups is 1. The minimum absolute atomic E-state index is 0.111. The SMILES string of the molecule is CCc1c(C(=O)NC[C@@H](c2cccs2)N2CCCC2)cnn1-c1ccc(OC)nn1. The lowest BCUT2D eigenvalue weighted by atomic mass is 10.1. The van der Waals surface area contributed by atoms with E-state index in [0.29, 0.717) is 30.2 Å². The van der Waals surface area contributed by atoms with Gasteiger partial charge >= 0.3 is 0 Å². The summed E-state index contributed by atoms with van der Waals surface area (Å²) in [4.78, 5) is 16.8. The Bertz CT molecular complexity index is 964. The molecule has 0 spiro atoms. The first-order valence-corrected chi connectivity index (χ1v) is 11.1. The maximum Gasteiger partial charge on any atom is 0.254 e. The van der Waals surface area contributed by atoms with Crippen LogP contribution in [0.25, 0.3) is 5.82 Å². The smallest absolute Gasteiger partial charge is 0.254 e. The third-order valence-corrected chi connectivity index (χ3v) is 6.38. The standard InChI is InChI=1S/C21H26N6O2S/c1-3-16-15(13-23-27(16)19-8-9-20(29-2)25-24-19)21(28)22-14-17(18-7-6-12-30-18)26-10-4-5-11-26/h6-9,12-13,17H,3-5,10-11,14H2,1-2H3,(H,22,28)/t17-/m0/s1. The minimum atomic E-state index is -0.111. The van der Waals surface area contributed by atoms with Crippen LogP contribution in [-0.4, -0.2) is 57.5 Å². The van der Waals surface area contributed by atoms with Crippen molar-refractivity contribution in [1.29, 1.82) is 0 Å². The van der Waals surface area contributed by atoms with Crippen LogP contribution >= 0.6 is 11.3 Å². The maximum absolute atomic E-state index is 13.0. The molecule has 1 N–H and O–H groups in total. The number of likely N-dealkylation sites (tertiary alicyclic amines) is 1. The van der Waals surface area contributed by atoms with E-state index in [2.05, 4.69) is 43.0 Å². The number of hydrogen-bond donors (Lipinski definition) is 1. The van der Waals surface area contributed by atoms with Crippen molar-refractivity contribution in [2.45, 2.75) is 32.2 Å². The van der Waals surface area contributed by atoms with Gasteiger partial charge in [-0.3, -0.25) is 9.69 Å². The number of aromatic nitrogens is 4. The van der Waals surface area contributed by atoms with E-state index >= 15 is 0 Å². The molecule has 1 saturated heterocycles. The van der Waals surface area contributed by atoms with Gasteiger partial charge in [-0.05, 0) is 49.9 Å². The fourth-order valence-electron chi connectivity index (χ4n) is 3.86. The molecule has 3 aromatic rings. The molecule has 1 aliphatic rings. The van der Waals surface area contributed by atoms with Crippen LogP contribution in [0.15, 0.2) is 35.8 Å². The van der Waals surface area contributed by atoms with Crippen LogP contribution in [-0.2, 0) is 6.42 Å². The molecular formula is C21H26N6O2S. The first kappa shape index (κ1) is 20.5. The van der Waals surface area contributed by atoms with Crippen LogP contribution in [0.2, 0.25) is 0 Å². The predicted octanol–water partition coefficient (Wildman–Crippen LogP) is 2.86. The van der Waals surface area contributed by atoms with Gasteiger partial charge in [-0.15, -0.1) is 21.5 Å². The number of thiophene rings is 1. The molecule has 0 aromatic carbocycles. The lowest BCUT2D eigenvalue weighted by Gasteiger charge is -2.26. The molecule has 0 saturated carbocycles. The number of methoxy groups -OCH3 is 1. The quantitative estimate of drug-likeness (QED) is 0.596. The Balaban J connectivity index is 1.50. The summed E-state index contributed by atoms with van der Waals surface area (Å²) in [6.45, 7) is 4.73. The van der Waals surface area contributed by atoms with Gasteiger partial charge in [0.1, 0.15) is 0 Å². The molecule has 0 unspecified atom stereocenters. The second-order valence-corrected chi connectivity index (χ2v) is 8.17. The molecule has 1 atom stereocenters. The van der Waals surface area contributed by atoms with E-state index in [-0.39, 0.29) is 11.9 Å². The normalized spacial score (nSPS) is 15.3. The third-order valence-electron chi connectivity index (χ3n) is 5.41. The molecule has 30 heavy (non-hydrogen) atoms. The molecule has 4 rings (SSSR count). The second-order valence-electron chi connectivity index (χ2n) is 7.19. The summed E-state index contributed by atoms with van der Waals surface area (Å²) in [5.74, 6) is 0.879. The largest absolute Gasteiger partial charge is 0.480 e. The molecule has 0 bridgehead atoms. The average molecular weight is 427 g/mol. The highest BCUT2D eigenvalue weighted by Gasteiger charge is 2.26. The number of rotatable bonds is 8. The van der Waals surface area contributed by atoms with Gasteiger partial charge < -0.3 is 10.1 Å². The molecular weight excluding hydrogens is 400 g/mol. The van der Waals surface area contributed by atoms with Gasteiger partial charge in [0.05, 0.1) is 30.6 Å². The van der Waals surface area contributed by atoms with E-state index in [1.54, 1.807) is 41.5 Å². The van der Waals surface area contributed by atoms with E-state index in [4.69, 9.17) is 4.74 Å². The summed E-state index contributed by atoms with van der Waals surface area (Å²) < 4.78 is 6.73. The van der Waals surface area contributed by atoms with Crippen LogP contribution in [0.4, 0.5) is 0 Å². The molecule has 9 heteroatoms. The summed E-state index contributed by atoms with van der Waals surface area (Å²) in [6.07, 6.45) is 4.68. The fraction of sp³-hybridized carbons (Fsp3) is 0.429. The number of nitrogens with zero attached hydrogens (tertiary/aromatic N) is 5. The van der Waals surface area contributed by atoms with Gasteiger partial charge in [0.25, 0.3) is 5.91 Å². The van der Waals surface area contributed by atoms with Crippen molar-refractivity contribution in [1.82, 2.24) is 30.2 Å². The Morgan fingerprint density at radius 1 is 1.27 bits per heavy atom. The van der Waals surface area contributed by atoms with Crippen molar-refractivity contribution in [3.63, 3.8) is 0 Å². The highest BCUT2D eigenvalue weighted by molar-refractivity contribution is 7.10. The molecule has 1 amide bonds. The summed E-state index contributed by atoms with van der Waals surface area (Å²) >= 11 is 1.74. The Morgan fingerprint density at radius 2 is 2.10 bits per heavy atom. The van der Waals surface area contributed by atoms with Crippen molar-refractivity contribution in [2.24, 2.45) is 0 Å². The van der Waals surface area contributed by atoms with Crippen molar-refractivity contribution in [3.05, 3.63) is 52.0 Å². The van der Waals surface area contributed by atoms with Crippen LogP contribution in [0.3, 0.4) is 0 Å². The van der Waals surface area contributed by atoms with E-state index < -0.39 is 0 Å². The van der Waals surface area contributed by atoms with Crippen LogP contribution in [0.1, 0.15) is 46.7 Å². The number of amides is 1. The molecule has 0 radical (unpaired) electrons. The Hall–Kier alpha value is -2.78. The minimum Gasteiger partial charge on any atom is -0.480 e. The van der Waals surface area contributed by atoms with Gasteiger partial charge in [-0.1, -0.05) is 13.0 Å². The molecule has 3 aromatic heterocycles. The van der Waals surface area contributed by atoms with Crippen molar-refractivity contribution in [3.8, 4) is 11.7 Å². The van der Waals surface area contributed by atoms with E-state index in [1.165, 1.54) is 17.7 Å². The Labute approximate surface area is 179 Å². The number of nitrogens with one attached hydrogen (secondary N) is 1. The molecule has 0 aliphatic carbocycles. The fourth-order valence-corrected chi connectivity index (χ4v) is 4.73. The molecule has 1 aliphatic heterocycles. The van der Waals surface area contributed by atoms with Crippen molar-refractivity contribution < 1.29 is 9.53 Å². The van der Waals surface area contributed by atoms with Gasteiger partial charge in [0.15, 0.2) is 5.82 Å². The van der Waals surface area contributed by atoms with Gasteiger partial charge in [-0.2, -0.15) is 5.10 Å². The summed E-state index contributed by atoms with van der Waals surface area (Å²) in [5, 5.41) is 17.8. The summed E-state index contributed by atoms with van der Waals surface area (Å²) in [6, 6.07) is 7.94. The monoisotopic (exact) mass is 426 g/mol. The maximum atomic E-state index is 13.0. The summed E-state index contributed by atoms with van der Waals surface area (Å²) in [7, 11) is 1.54. The highest BCUT2D eigenvalue weighted by atomic mass is 32.1. The second kappa shape index (κ2) is 9.36. The topological polar surface area (TPSA) is 85.2 Å². The molecule has 8 nitrogen and oxygen atoms in total. The van der Waals surface area contributed by atoms with Crippen LogP contribution in [0, 0.1) is 0 Å². The predicted molar refractivity (Wildman–Crippen MR) is 115 cm³/mol. The van der Waals surface area contributed by atoms with E-state index in [1.807, 2.05) is 6.92 Å². The molecule has 1 fully saturated rings. The highest BCUT2D eigenvalue weighted by Crippen LogP contribution is 2.28. The molecule has 4 heterocycles. The van der Waals surface area contributed by atoms with Gasteiger partial charge in [0.2, 0.25) is 5.88 Å².